The van der Waals surface area contributed by atoms with Gasteiger partial charge in [0, 0.05) is 39.6 Å². The summed E-state index contributed by atoms with van der Waals surface area (Å²) >= 11 is 0. The van der Waals surface area contributed by atoms with Gasteiger partial charge in [0.1, 0.15) is 80.0 Å². The third-order valence-electron chi connectivity index (χ3n) is 10.5. The van der Waals surface area contributed by atoms with E-state index in [1.165, 1.54) is 90.1 Å². The van der Waals surface area contributed by atoms with Crippen LogP contribution in [0.2, 0.25) is 0 Å². The van der Waals surface area contributed by atoms with Crippen molar-refractivity contribution < 1.29 is 67.4 Å². The number of nitrogens with two attached hydrogens (primary N) is 6. The number of aryl methyl sites for hydroxylation is 2. The lowest BCUT2D eigenvalue weighted by Gasteiger charge is -2.31. The molecule has 0 bridgehead atoms. The number of hydrogen-bond acceptors (Lipinski definition) is 24. The molecule has 3 aromatic carbocycles. The van der Waals surface area contributed by atoms with E-state index >= 15 is 0 Å². The third-order valence-corrected chi connectivity index (χ3v) is 10.5. The highest BCUT2D eigenvalue weighted by Crippen LogP contribution is 2.12. The van der Waals surface area contributed by atoms with E-state index in [1.807, 2.05) is 136 Å². The summed E-state index contributed by atoms with van der Waals surface area (Å²) in [4.78, 5) is 120. The first-order valence-electron chi connectivity index (χ1n) is 34.4. The molecule has 654 valence electrons. The van der Waals surface area contributed by atoms with Gasteiger partial charge in [0.25, 0.3) is 0 Å². The van der Waals surface area contributed by atoms with Gasteiger partial charge in [-0.2, -0.15) is 0 Å². The van der Waals surface area contributed by atoms with E-state index in [-0.39, 0.29) is 48.4 Å². The molecule has 1 aliphatic heterocycles. The molecule has 26 N–H and O–H groups in total. The first-order chi connectivity index (χ1) is 49.8. The molecule has 1 saturated heterocycles. The number of likely N-dealkylation sites (tertiary alicyclic amines) is 1. The highest BCUT2D eigenvalue weighted by molar-refractivity contribution is 5.91. The largest absolute Gasteiger partial charge is 0.394 e. The van der Waals surface area contributed by atoms with Crippen molar-refractivity contribution in [2.75, 3.05) is 62.4 Å². The third kappa shape index (κ3) is 225. The maximum absolute atomic E-state index is 12.8. The van der Waals surface area contributed by atoms with E-state index in [1.54, 1.807) is 27.8 Å². The van der Waals surface area contributed by atoms with Crippen molar-refractivity contribution in [2.24, 2.45) is 58.1 Å². The van der Waals surface area contributed by atoms with E-state index in [0.29, 0.717) is 6.42 Å². The van der Waals surface area contributed by atoms with Crippen molar-refractivity contribution in [2.45, 2.75) is 235 Å². The first-order valence-corrected chi connectivity index (χ1v) is 34.4. The minimum Gasteiger partial charge on any atom is -0.394 e. The van der Waals surface area contributed by atoms with Crippen LogP contribution >= 0.6 is 0 Å². The van der Waals surface area contributed by atoms with E-state index in [4.69, 9.17) is 53.1 Å². The number of aliphatic hydroxyl groups is 1. The molecule has 0 unspecified atom stereocenters. The van der Waals surface area contributed by atoms with Crippen LogP contribution in [0.1, 0.15) is 214 Å². The van der Waals surface area contributed by atoms with Gasteiger partial charge < -0.3 is 127 Å². The van der Waals surface area contributed by atoms with Gasteiger partial charge in [-0.1, -0.05) is 234 Å². The summed E-state index contributed by atoms with van der Waals surface area (Å²) < 4.78 is 0. The summed E-state index contributed by atoms with van der Waals surface area (Å²) in [5.74, 6) is 2.95. The van der Waals surface area contributed by atoms with Gasteiger partial charge in [0.15, 0.2) is 0 Å². The van der Waals surface area contributed by atoms with Gasteiger partial charge >= 0.3 is 0 Å². The minimum atomic E-state index is -0.647. The maximum Gasteiger partial charge on any atom is 0.244 e. The molecule has 1 heterocycles. The summed E-state index contributed by atoms with van der Waals surface area (Å²) in [6.45, 7) is 70.6. The topological polar surface area (TPSA) is 557 Å². The molecule has 0 aromatic heterocycles. The monoisotopic (exact) mass is 1560 g/mol. The van der Waals surface area contributed by atoms with Gasteiger partial charge in [-0.05, 0) is 149 Å². The Balaban J connectivity index is -0.0000000295. The van der Waals surface area contributed by atoms with Crippen molar-refractivity contribution in [1.29, 1.82) is 0 Å². The van der Waals surface area contributed by atoms with Crippen LogP contribution in [0.25, 0.3) is 0 Å². The van der Waals surface area contributed by atoms with E-state index in [9.17, 15) is 14.4 Å². The summed E-state index contributed by atoms with van der Waals surface area (Å²) in [7, 11) is 10.6. The van der Waals surface area contributed by atoms with Gasteiger partial charge in [-0.15, -0.1) is 6.58 Å². The Hall–Kier alpha value is -7.93. The lowest BCUT2D eigenvalue weighted by Crippen LogP contribution is -2.54. The van der Waals surface area contributed by atoms with Crippen molar-refractivity contribution in [3.05, 3.63) is 120 Å². The second-order valence-corrected chi connectivity index (χ2v) is 20.2. The smallest absolute Gasteiger partial charge is 0.244 e. The van der Waals surface area contributed by atoms with Crippen LogP contribution in [0, 0.1) is 23.7 Å². The zero-order chi connectivity index (χ0) is 89.0. The first kappa shape index (κ1) is 179. The van der Waals surface area contributed by atoms with Crippen LogP contribution in [0.3, 0.4) is 0 Å². The van der Waals surface area contributed by atoms with Crippen molar-refractivity contribution in [3.63, 3.8) is 0 Å². The molecule has 3 aromatic rings. The molecule has 0 radical (unpaired) electrons. The highest BCUT2D eigenvalue weighted by atomic mass is 16.3. The van der Waals surface area contributed by atoms with E-state index < -0.39 is 12.1 Å². The summed E-state index contributed by atoms with van der Waals surface area (Å²) in [5, 5.41) is 10.9. The molecule has 0 saturated carbocycles. The Morgan fingerprint density at radius 3 is 0.759 bits per heavy atom. The number of aliphatic hydroxyl groups excluding tert-OH is 1. The second-order valence-electron chi connectivity index (χ2n) is 20.2. The van der Waals surface area contributed by atoms with Crippen LogP contribution < -0.4 is 64.3 Å². The number of likely N-dealkylation sites (N-methyl/N-ethyl adjacent to an activating group) is 1. The molecular weight excluding hydrogens is 1380 g/mol. The fourth-order valence-electron chi connectivity index (χ4n) is 4.65. The van der Waals surface area contributed by atoms with Gasteiger partial charge in [0.2, 0.25) is 17.7 Å². The van der Waals surface area contributed by atoms with Crippen LogP contribution in [0.5, 0.6) is 0 Å². The Morgan fingerprint density at radius 1 is 0.426 bits per heavy atom. The van der Waals surface area contributed by atoms with Gasteiger partial charge in [-0.3, -0.25) is 14.4 Å². The van der Waals surface area contributed by atoms with Crippen LogP contribution in [-0.4, -0.2) is 181 Å². The molecule has 4 rings (SSSR count). The fraction of sp³-hybridized carbons (Fsp3) is 0.593. The Bertz CT molecular complexity index is 1720. The SMILES string of the molecule is C=C(C)CC.C=O.C=O.C=O.C=O.C=O.C=O.C=O.C=O.C=O.C=O.CC.CC(=O)N(C)[C@@H](Cc1ccccc1)C(=O)N[C@@H](C)C(=O)N1CCCCC1.CC(C)C.CC(C)O.CCC(C)C.CCC(C)C.CCC(C)C.CCc1ccccc1.CCc1ccccc1.CN.CN.CN.CN.CN.CN.N.N.N.N. The minimum absolute atomic E-state index is 0. The van der Waals surface area contributed by atoms with Crippen LogP contribution in [-0.2, 0) is 81.6 Å². The lowest BCUT2D eigenvalue weighted by molar-refractivity contribution is -0.140. The number of amides is 3. The number of carbonyl (C=O) groups is 13. The van der Waals surface area contributed by atoms with E-state index in [0.717, 1.165) is 80.8 Å². The Kier molecular flexibility index (Phi) is 341. The Labute approximate surface area is 665 Å². The molecule has 2 atom stereocenters. The number of allylic oxidation sites excluding steroid dienone is 1. The number of piperidine rings is 1. The molecule has 3 amide bonds. The number of nitrogens with one attached hydrogen (secondary N) is 1. The number of rotatable bonds is 12. The summed E-state index contributed by atoms with van der Waals surface area (Å²) in [5.41, 5.74) is 32.0. The van der Waals surface area contributed by atoms with Crippen LogP contribution in [0.4, 0.5) is 0 Å². The highest BCUT2D eigenvalue weighted by Gasteiger charge is 2.29. The lowest BCUT2D eigenvalue weighted by atomic mass is 10.0. The normalized spacial score (nSPS) is 8.44. The molecule has 1 aliphatic rings. The molecule has 1 fully saturated rings. The average molecular weight is 1560 g/mol. The summed E-state index contributed by atoms with van der Waals surface area (Å²) in [6.07, 6.45) is 10.7. The predicted molar refractivity (Wildman–Crippen MR) is 474 cm³/mol. The number of nitrogens with zero attached hydrogens (tertiary/aromatic N) is 2. The standard InChI is InChI=1S/C20H29N3O3.2C8H10.3C5H12.C5H10.C4H10.C3H8O.C2H6.6CH5N.10CH2O.4H3N/c1-15(20(26)23-12-8-5-9-13-23)21-19(25)18(22(3)16(2)24)14-17-10-6-4-7-11-17;2*1-2-8-6-4-3-5-7-8;4*1-4-5(2)3;1-4(2)3;1-3(2)4;17*1-2;;;;/h4,6-7,10-11,15,18H,5,8-9,12-14H2,1-3H3,(H,21,25);2*3-7H,2H2,1H3;3*5H,4H2,1-3H3;2,4H2,1,3H3;4H,1-3H3;3-4H,1-2H3;1-2H3;6*2H2,1H3;10*1H2;4*1H3/t15-,18-;;;;;;;;;;;;;;;;;;;;;;;;;;;;;/m0............................./s1. The number of carbonyl (C=O) groups excluding carboxylic acids is 13. The Morgan fingerprint density at radius 2 is 0.611 bits per heavy atom. The predicted octanol–water partition coefficient (Wildman–Crippen LogP) is 13.5. The summed E-state index contributed by atoms with van der Waals surface area (Å²) in [6, 6.07) is 29.2. The maximum atomic E-state index is 12.8. The molecule has 0 spiro atoms. The zero-order valence-electron chi connectivity index (χ0n) is 74.9. The molecular formula is C81H181N13O14. The molecule has 108 heavy (non-hydrogen) atoms. The van der Waals surface area contributed by atoms with E-state index in [2.05, 4.69) is 199 Å². The second kappa shape index (κ2) is 206. The number of hydrogen-bond donors (Lipinski definition) is 12. The molecule has 27 heteroatoms. The molecule has 0 aliphatic carbocycles. The van der Waals surface area contributed by atoms with Gasteiger partial charge in [0.05, 0.1) is 0 Å². The fourth-order valence-corrected chi connectivity index (χ4v) is 4.65. The average Bonchev–Trinajstić information content (AvgIpc) is 0.851. The van der Waals surface area contributed by atoms with Crippen molar-refractivity contribution in [3.8, 4) is 0 Å². The quantitative estimate of drug-likeness (QED) is 0.0749. The zero-order valence-corrected chi connectivity index (χ0v) is 74.9. The van der Waals surface area contributed by atoms with Gasteiger partial charge in [-0.25, -0.2) is 0 Å². The van der Waals surface area contributed by atoms with Crippen molar-refractivity contribution >= 4 is 85.6 Å². The number of benzene rings is 3. The van der Waals surface area contributed by atoms with Crippen LogP contribution in [0.15, 0.2) is 103 Å². The van der Waals surface area contributed by atoms with Crippen molar-refractivity contribution in [1.82, 2.24) is 39.7 Å². The molecule has 27 nitrogen and oxygen atoms in total.